The Morgan fingerprint density at radius 3 is 2.27 bits per heavy atom. The number of anilines is 2. The van der Waals surface area contributed by atoms with Crippen molar-refractivity contribution in [2.45, 2.75) is 44.8 Å². The van der Waals surface area contributed by atoms with E-state index < -0.39 is 0 Å². The van der Waals surface area contributed by atoms with Gasteiger partial charge in [-0.05, 0) is 44.5 Å². The molecule has 10 heteroatoms. The lowest BCUT2D eigenvalue weighted by atomic mass is 9.63. The number of nitrogen functional groups attached to an aromatic ring is 1. The largest absolute Gasteiger partial charge is 0.497 e. The summed E-state index contributed by atoms with van der Waals surface area (Å²) in [5.74, 6) is 0.403. The number of benzene rings is 2. The summed E-state index contributed by atoms with van der Waals surface area (Å²) in [5.41, 5.74) is 10.9. The minimum atomic E-state index is -0.315. The Morgan fingerprint density at radius 2 is 1.73 bits per heavy atom. The first-order valence-electron chi connectivity index (χ1n) is 12.4. The fourth-order valence-electron chi connectivity index (χ4n) is 5.51. The summed E-state index contributed by atoms with van der Waals surface area (Å²) in [6.07, 6.45) is 1.47. The van der Waals surface area contributed by atoms with Gasteiger partial charge in [0, 0.05) is 63.0 Å². The van der Waals surface area contributed by atoms with Crippen LogP contribution in [0.5, 0.6) is 5.75 Å². The van der Waals surface area contributed by atoms with E-state index in [-0.39, 0.29) is 34.7 Å². The summed E-state index contributed by atoms with van der Waals surface area (Å²) in [6, 6.07) is 10.9. The number of hydrogen-bond donors (Lipinski definition) is 1. The number of methoxy groups -OCH3 is 3. The highest BCUT2D eigenvalue weighted by molar-refractivity contribution is 5.65. The molecule has 0 bridgehead atoms. The second-order valence-corrected chi connectivity index (χ2v) is 9.17. The highest BCUT2D eigenvalue weighted by Crippen LogP contribution is 2.52. The first kappa shape index (κ1) is 26.4. The van der Waals surface area contributed by atoms with Gasteiger partial charge < -0.3 is 24.8 Å². The SMILES string of the molecule is CCN(CC)c1ccc(C2C(OC)C(c3cn(-c4ccc(OC)cc4N)nc3C)C2OC)cc1[N+](=O)[O-]. The molecule has 1 heterocycles. The maximum atomic E-state index is 12.0. The van der Waals surface area contributed by atoms with Crippen molar-refractivity contribution >= 4 is 17.1 Å². The second kappa shape index (κ2) is 10.8. The minimum Gasteiger partial charge on any atom is -0.497 e. The van der Waals surface area contributed by atoms with Crippen molar-refractivity contribution in [2.24, 2.45) is 0 Å². The van der Waals surface area contributed by atoms with E-state index in [0.29, 0.717) is 30.2 Å². The summed E-state index contributed by atoms with van der Waals surface area (Å²) in [6.45, 7) is 7.29. The molecule has 10 nitrogen and oxygen atoms in total. The third kappa shape index (κ3) is 4.62. The van der Waals surface area contributed by atoms with E-state index in [1.165, 1.54) is 0 Å². The Labute approximate surface area is 217 Å². The maximum Gasteiger partial charge on any atom is 0.292 e. The van der Waals surface area contributed by atoms with Gasteiger partial charge in [-0.25, -0.2) is 4.68 Å². The molecular formula is C27H35N5O5. The first-order valence-corrected chi connectivity index (χ1v) is 12.4. The monoisotopic (exact) mass is 509 g/mol. The third-order valence-corrected chi connectivity index (χ3v) is 7.42. The van der Waals surface area contributed by atoms with Crippen LogP contribution in [0.25, 0.3) is 5.69 Å². The summed E-state index contributed by atoms with van der Waals surface area (Å²) >= 11 is 0. The van der Waals surface area contributed by atoms with Crippen LogP contribution >= 0.6 is 0 Å². The number of hydrogen-bond acceptors (Lipinski definition) is 8. The van der Waals surface area contributed by atoms with Crippen molar-refractivity contribution in [3.8, 4) is 11.4 Å². The smallest absolute Gasteiger partial charge is 0.292 e. The van der Waals surface area contributed by atoms with E-state index in [2.05, 4.69) is 0 Å². The minimum absolute atomic E-state index is 0.0911. The molecule has 1 saturated carbocycles. The lowest BCUT2D eigenvalue weighted by Gasteiger charge is -2.50. The molecule has 4 rings (SSSR count). The molecule has 0 radical (unpaired) electrons. The molecule has 0 aliphatic heterocycles. The predicted octanol–water partition coefficient (Wildman–Crippen LogP) is 4.44. The van der Waals surface area contributed by atoms with E-state index in [1.807, 2.05) is 56.1 Å². The number of nitro benzene ring substituents is 1. The van der Waals surface area contributed by atoms with Gasteiger partial charge in [-0.3, -0.25) is 10.1 Å². The van der Waals surface area contributed by atoms with E-state index in [1.54, 1.807) is 38.1 Å². The van der Waals surface area contributed by atoms with Crippen molar-refractivity contribution in [2.75, 3.05) is 45.1 Å². The van der Waals surface area contributed by atoms with Crippen molar-refractivity contribution < 1.29 is 19.1 Å². The fraction of sp³-hybridized carbons (Fsp3) is 0.444. The molecule has 2 unspecified atom stereocenters. The van der Waals surface area contributed by atoms with Gasteiger partial charge in [0.05, 0.1) is 41.3 Å². The molecular weight excluding hydrogens is 474 g/mol. The molecule has 37 heavy (non-hydrogen) atoms. The molecule has 1 aliphatic carbocycles. The van der Waals surface area contributed by atoms with Crippen LogP contribution in [-0.4, -0.2) is 61.3 Å². The van der Waals surface area contributed by atoms with Crippen molar-refractivity contribution in [3.05, 3.63) is 69.5 Å². The van der Waals surface area contributed by atoms with Gasteiger partial charge in [0.25, 0.3) is 5.69 Å². The molecule has 2 atom stereocenters. The third-order valence-electron chi connectivity index (χ3n) is 7.42. The van der Waals surface area contributed by atoms with Gasteiger partial charge >= 0.3 is 0 Å². The molecule has 0 saturated heterocycles. The van der Waals surface area contributed by atoms with Crippen molar-refractivity contribution in [3.63, 3.8) is 0 Å². The van der Waals surface area contributed by atoms with Crippen LogP contribution in [0.2, 0.25) is 0 Å². The van der Waals surface area contributed by atoms with Gasteiger partial charge in [-0.15, -0.1) is 0 Å². The van der Waals surface area contributed by atoms with Gasteiger partial charge in [0.1, 0.15) is 11.4 Å². The quantitative estimate of drug-likeness (QED) is 0.242. The number of rotatable bonds is 10. The van der Waals surface area contributed by atoms with Crippen LogP contribution < -0.4 is 15.4 Å². The average Bonchev–Trinajstić information content (AvgIpc) is 3.25. The fourth-order valence-corrected chi connectivity index (χ4v) is 5.51. The van der Waals surface area contributed by atoms with E-state index in [0.717, 1.165) is 22.5 Å². The molecule has 0 amide bonds. The van der Waals surface area contributed by atoms with Crippen molar-refractivity contribution in [1.82, 2.24) is 9.78 Å². The molecule has 198 valence electrons. The Hall–Kier alpha value is -3.63. The number of nitrogens with two attached hydrogens (primary N) is 1. The summed E-state index contributed by atoms with van der Waals surface area (Å²) in [4.78, 5) is 13.6. The molecule has 0 spiro atoms. The lowest BCUT2D eigenvalue weighted by molar-refractivity contribution is -0.384. The first-order chi connectivity index (χ1) is 17.8. The number of ether oxygens (including phenoxy) is 3. The van der Waals surface area contributed by atoms with E-state index in [4.69, 9.17) is 25.0 Å². The standard InChI is InChI=1S/C27H35N5O5/c1-7-30(8-2)22-11-9-17(13-23(22)32(33)34)24-26(36-5)25(27(24)37-6)19-15-31(29-16(19)3)21-12-10-18(35-4)14-20(21)28/h9-15,24-27H,7-8,28H2,1-6H3. The summed E-state index contributed by atoms with van der Waals surface area (Å²) in [7, 11) is 4.92. The van der Waals surface area contributed by atoms with Crippen LogP contribution in [0.15, 0.2) is 42.6 Å². The zero-order valence-electron chi connectivity index (χ0n) is 22.2. The van der Waals surface area contributed by atoms with Crippen LogP contribution in [0.3, 0.4) is 0 Å². The number of aryl methyl sites for hydroxylation is 1. The van der Waals surface area contributed by atoms with Gasteiger partial charge in [0.2, 0.25) is 0 Å². The second-order valence-electron chi connectivity index (χ2n) is 9.17. The summed E-state index contributed by atoms with van der Waals surface area (Å²) < 4.78 is 18.9. The number of nitrogens with zero attached hydrogens (tertiary/aromatic N) is 4. The molecule has 2 N–H and O–H groups in total. The van der Waals surface area contributed by atoms with Crippen LogP contribution in [0.1, 0.15) is 42.5 Å². The van der Waals surface area contributed by atoms with Gasteiger partial charge in [0.15, 0.2) is 0 Å². The van der Waals surface area contributed by atoms with Crippen LogP contribution in [-0.2, 0) is 9.47 Å². The van der Waals surface area contributed by atoms with Crippen molar-refractivity contribution in [1.29, 1.82) is 0 Å². The van der Waals surface area contributed by atoms with E-state index in [9.17, 15) is 10.1 Å². The van der Waals surface area contributed by atoms with Crippen LogP contribution in [0, 0.1) is 17.0 Å². The van der Waals surface area contributed by atoms with Crippen LogP contribution in [0.4, 0.5) is 17.1 Å². The Morgan fingerprint density at radius 1 is 1.05 bits per heavy atom. The molecule has 1 fully saturated rings. The molecule has 1 aromatic heterocycles. The Bertz CT molecular complexity index is 1260. The number of aromatic nitrogens is 2. The average molecular weight is 510 g/mol. The molecule has 3 aromatic rings. The predicted molar refractivity (Wildman–Crippen MR) is 143 cm³/mol. The zero-order chi connectivity index (χ0) is 26.9. The normalized spacial score (nSPS) is 20.9. The summed E-state index contributed by atoms with van der Waals surface area (Å²) in [5, 5.41) is 16.7. The highest BCUT2D eigenvalue weighted by atomic mass is 16.6. The Kier molecular flexibility index (Phi) is 7.70. The highest BCUT2D eigenvalue weighted by Gasteiger charge is 2.54. The zero-order valence-corrected chi connectivity index (χ0v) is 22.2. The lowest BCUT2D eigenvalue weighted by Crippen LogP contribution is -2.53. The molecule has 1 aliphatic rings. The topological polar surface area (TPSA) is 118 Å². The van der Waals surface area contributed by atoms with E-state index >= 15 is 0 Å². The molecule has 2 aromatic carbocycles. The van der Waals surface area contributed by atoms with Gasteiger partial charge in [-0.2, -0.15) is 5.10 Å². The maximum absolute atomic E-state index is 12.0. The number of nitro groups is 1. The Balaban J connectivity index is 1.69. The van der Waals surface area contributed by atoms with Gasteiger partial charge in [-0.1, -0.05) is 6.07 Å².